The standard InChI is InChI=1S/C59H75N9O10S/c1-38(2)77-53-7-5-4-6-45(53)52-36-65(41-15-27-75-28-16-41)25-26-66(52)43-33-59(34-43)20-23-64(24-21-59)42-8-10-46(49(31-42)67-48-17-29-76-37-54(48)78-57-51(67)30-40-14-22-60-55(40)62-57)56(69)63-79(73,74)44-9-11-47(50(32-44)68(71)72)61-35-39-12-18-58(3,70)19-13-39/h4-11,14,22,30-32,38-39,41,43,48,52,54,61,70H,12-13,15-21,23-29,33-37H2,1-3H3,(H,60,62)(H,63,69)/t39-,48-,52+,54-,58-/m0/s1. The molecule has 7 aliphatic rings. The Labute approximate surface area is 462 Å². The van der Waals surface area contributed by atoms with Gasteiger partial charge < -0.3 is 44.2 Å². The van der Waals surface area contributed by atoms with E-state index in [1.54, 1.807) is 6.07 Å². The van der Waals surface area contributed by atoms with E-state index in [0.717, 1.165) is 120 Å². The van der Waals surface area contributed by atoms with E-state index in [-0.39, 0.29) is 40.8 Å². The largest absolute Gasteiger partial charge is 0.491 e. The number of para-hydroxylation sites is 1. The molecule has 0 unspecified atom stereocenters. The molecule has 2 aliphatic carbocycles. The summed E-state index contributed by atoms with van der Waals surface area (Å²) in [6, 6.07) is 22.7. The number of sulfonamides is 1. The number of H-pyrrole nitrogens is 1. The highest BCUT2D eigenvalue weighted by molar-refractivity contribution is 7.90. The summed E-state index contributed by atoms with van der Waals surface area (Å²) in [4.78, 5) is 44.2. The molecule has 0 bridgehead atoms. The minimum atomic E-state index is -4.64. The van der Waals surface area contributed by atoms with E-state index >= 15 is 0 Å². The summed E-state index contributed by atoms with van der Waals surface area (Å²) in [6.07, 6.45) is 11.2. The number of nitrogens with one attached hydrogen (secondary N) is 3. The van der Waals surface area contributed by atoms with Gasteiger partial charge in [0.1, 0.15) is 28.9 Å². The molecule has 3 aromatic carbocycles. The Morgan fingerprint density at radius 3 is 2.46 bits per heavy atom. The van der Waals surface area contributed by atoms with Gasteiger partial charge in [-0.25, -0.2) is 13.1 Å². The lowest BCUT2D eigenvalue weighted by Gasteiger charge is -2.59. The first kappa shape index (κ1) is 53.6. The van der Waals surface area contributed by atoms with Crippen LogP contribution in [0.4, 0.5) is 28.4 Å². The van der Waals surface area contributed by atoms with Crippen molar-refractivity contribution in [2.45, 2.75) is 138 Å². The molecule has 20 heteroatoms. The Morgan fingerprint density at radius 1 is 0.911 bits per heavy atom. The summed E-state index contributed by atoms with van der Waals surface area (Å²) in [5.74, 6) is 0.654. The van der Waals surface area contributed by atoms with Crippen LogP contribution in [-0.2, 0) is 19.5 Å². The van der Waals surface area contributed by atoms with Crippen molar-refractivity contribution in [1.82, 2.24) is 24.5 Å². The number of ether oxygens (including phenoxy) is 4. The van der Waals surface area contributed by atoms with Crippen LogP contribution in [0.3, 0.4) is 0 Å². The number of aromatic amines is 1. The third-order valence-corrected chi connectivity index (χ3v) is 19.7. The molecule has 7 heterocycles. The Balaban J connectivity index is 0.804. The second-order valence-electron chi connectivity index (χ2n) is 23.9. The summed E-state index contributed by atoms with van der Waals surface area (Å²) < 4.78 is 55.5. The first-order valence-corrected chi connectivity index (χ1v) is 30.1. The maximum atomic E-state index is 14.8. The normalized spacial score (nSPS) is 26.0. The van der Waals surface area contributed by atoms with Crippen molar-refractivity contribution < 1.29 is 42.2 Å². The molecule has 3 atom stereocenters. The Bertz CT molecular complexity index is 3160. The van der Waals surface area contributed by atoms with Crippen LogP contribution in [0.15, 0.2) is 83.9 Å². The topological polar surface area (TPSA) is 217 Å². The fourth-order valence-corrected chi connectivity index (χ4v) is 14.9. The lowest BCUT2D eigenvalue weighted by molar-refractivity contribution is -0.384. The maximum Gasteiger partial charge on any atom is 0.293 e. The van der Waals surface area contributed by atoms with Gasteiger partial charge in [0, 0.05) is 100 Å². The molecule has 4 N–H and O–H groups in total. The molecule has 6 fully saturated rings. The molecule has 4 saturated heterocycles. The molecule has 2 saturated carbocycles. The van der Waals surface area contributed by atoms with Crippen molar-refractivity contribution in [3.05, 3.63) is 100 Å². The van der Waals surface area contributed by atoms with Crippen LogP contribution < -0.4 is 29.3 Å². The zero-order valence-corrected chi connectivity index (χ0v) is 46.4. The number of aliphatic hydroxyl groups is 1. The van der Waals surface area contributed by atoms with E-state index in [1.165, 1.54) is 17.7 Å². The Hall–Kier alpha value is -6.03. The molecule has 0 radical (unpaired) electrons. The third kappa shape index (κ3) is 11.0. The van der Waals surface area contributed by atoms with Crippen LogP contribution in [0.2, 0.25) is 0 Å². The molecular formula is C59H75N9O10S. The molecule has 5 aliphatic heterocycles. The number of nitrogens with zero attached hydrogens (tertiary/aromatic N) is 6. The second-order valence-corrected chi connectivity index (χ2v) is 25.6. The van der Waals surface area contributed by atoms with Crippen LogP contribution in [0.1, 0.15) is 113 Å². The number of nitro groups is 1. The van der Waals surface area contributed by atoms with Crippen molar-refractivity contribution in [3.8, 4) is 11.6 Å². The van der Waals surface area contributed by atoms with E-state index in [1.807, 2.05) is 37.4 Å². The van der Waals surface area contributed by atoms with Gasteiger partial charge in [-0.2, -0.15) is 4.98 Å². The van der Waals surface area contributed by atoms with Gasteiger partial charge >= 0.3 is 0 Å². The predicted octanol–water partition coefficient (Wildman–Crippen LogP) is 8.71. The summed E-state index contributed by atoms with van der Waals surface area (Å²) in [7, 11) is -4.64. The fourth-order valence-electron chi connectivity index (χ4n) is 13.9. The van der Waals surface area contributed by atoms with Crippen molar-refractivity contribution in [2.75, 3.05) is 80.8 Å². The highest BCUT2D eigenvalue weighted by atomic mass is 32.2. The van der Waals surface area contributed by atoms with Gasteiger partial charge in [-0.3, -0.25) is 24.7 Å². The van der Waals surface area contributed by atoms with Crippen LogP contribution in [0.5, 0.6) is 11.6 Å². The average molecular weight is 1100 g/mol. The van der Waals surface area contributed by atoms with E-state index in [9.17, 15) is 28.4 Å². The van der Waals surface area contributed by atoms with Crippen molar-refractivity contribution in [3.63, 3.8) is 0 Å². The minimum absolute atomic E-state index is 0.0716. The molecule has 2 aromatic heterocycles. The smallest absolute Gasteiger partial charge is 0.293 e. The number of piperidine rings is 1. The van der Waals surface area contributed by atoms with Crippen LogP contribution in [-0.4, -0.2) is 146 Å². The summed E-state index contributed by atoms with van der Waals surface area (Å²) in [5, 5.41) is 26.9. The highest BCUT2D eigenvalue weighted by Gasteiger charge is 2.51. The number of rotatable bonds is 14. The van der Waals surface area contributed by atoms with Gasteiger partial charge in [-0.1, -0.05) is 18.2 Å². The number of hydrogen-bond acceptors (Lipinski definition) is 16. The molecule has 5 aromatic rings. The zero-order chi connectivity index (χ0) is 54.6. The Kier molecular flexibility index (Phi) is 14.8. The molecule has 1 spiro atoms. The fraction of sp³-hybridized carbons (Fsp3) is 0.559. The van der Waals surface area contributed by atoms with Crippen LogP contribution in [0.25, 0.3) is 11.0 Å². The number of anilines is 4. The van der Waals surface area contributed by atoms with E-state index in [2.05, 4.69) is 72.7 Å². The number of aromatic nitrogens is 2. The SMILES string of the molecule is CC(C)Oc1ccccc1[C@H]1CN(C2CCOCC2)CCN1C1CC2(CCN(c3ccc(C(=O)NS(=O)(=O)c4ccc(NC[C@H]5CC[C@](C)(O)CC5)c([N+](=O)[O-])c4)c(N4c5cc6cc[nH]c6nc5O[C@H]5COCC[C@@H]54)c3)CC2)C1. The number of carbonyl (C=O) groups is 1. The van der Waals surface area contributed by atoms with Gasteiger partial charge in [0.05, 0.1) is 51.5 Å². The van der Waals surface area contributed by atoms with E-state index in [4.69, 9.17) is 23.9 Å². The first-order valence-electron chi connectivity index (χ1n) is 28.6. The third-order valence-electron chi connectivity index (χ3n) is 18.4. The summed E-state index contributed by atoms with van der Waals surface area (Å²) in [5.41, 5.74) is 3.32. The second kappa shape index (κ2) is 21.8. The lowest BCUT2D eigenvalue weighted by Crippen LogP contribution is -2.61. The van der Waals surface area contributed by atoms with Crippen molar-refractivity contribution in [2.24, 2.45) is 11.3 Å². The molecular weight excluding hydrogens is 1030 g/mol. The number of benzene rings is 3. The molecule has 422 valence electrons. The summed E-state index contributed by atoms with van der Waals surface area (Å²) in [6.45, 7) is 13.5. The minimum Gasteiger partial charge on any atom is -0.491 e. The van der Waals surface area contributed by atoms with E-state index < -0.39 is 43.1 Å². The molecule has 12 rings (SSSR count). The number of pyridine rings is 1. The van der Waals surface area contributed by atoms with Gasteiger partial charge in [-0.15, -0.1) is 0 Å². The van der Waals surface area contributed by atoms with Crippen LogP contribution in [0, 0.1) is 21.4 Å². The van der Waals surface area contributed by atoms with Crippen molar-refractivity contribution >= 4 is 55.4 Å². The van der Waals surface area contributed by atoms with Gasteiger partial charge in [0.25, 0.3) is 21.6 Å². The monoisotopic (exact) mass is 1100 g/mol. The molecule has 19 nitrogen and oxygen atoms in total. The average Bonchev–Trinajstić information content (AvgIpc) is 3.91. The maximum absolute atomic E-state index is 14.8. The Morgan fingerprint density at radius 2 is 1.68 bits per heavy atom. The highest BCUT2D eigenvalue weighted by Crippen LogP contribution is 2.54. The summed E-state index contributed by atoms with van der Waals surface area (Å²) >= 11 is 0. The zero-order valence-electron chi connectivity index (χ0n) is 45.6. The number of carbonyl (C=O) groups excluding carboxylic acids is 1. The van der Waals surface area contributed by atoms with Gasteiger partial charge in [0.2, 0.25) is 5.88 Å². The predicted molar refractivity (Wildman–Crippen MR) is 301 cm³/mol. The van der Waals surface area contributed by atoms with E-state index in [0.29, 0.717) is 74.0 Å². The first-order chi connectivity index (χ1) is 38.1. The number of piperazine rings is 1. The van der Waals surface area contributed by atoms with Gasteiger partial charge in [-0.05, 0) is 151 Å². The quantitative estimate of drug-likeness (QED) is 0.0604. The number of nitro benzene ring substituents is 1. The number of amides is 1. The number of hydrogen-bond donors (Lipinski definition) is 4. The molecule has 1 amide bonds. The number of fused-ring (bicyclic) bond motifs is 3. The van der Waals surface area contributed by atoms with Gasteiger partial charge in [0.15, 0.2) is 0 Å². The lowest BCUT2D eigenvalue weighted by atomic mass is 9.59. The van der Waals surface area contributed by atoms with Crippen LogP contribution >= 0.6 is 0 Å². The van der Waals surface area contributed by atoms with Crippen molar-refractivity contribution in [1.29, 1.82) is 0 Å². The molecule has 79 heavy (non-hydrogen) atoms.